The Kier molecular flexibility index (Phi) is 18.8. The summed E-state index contributed by atoms with van der Waals surface area (Å²) in [6.45, 7) is 7.30. The van der Waals surface area contributed by atoms with Gasteiger partial charge < -0.3 is 36.6 Å². The molecule has 19 heteroatoms. The second kappa shape index (κ2) is 24.3. The molecule has 1 aliphatic heterocycles. The molecule has 1 aliphatic rings. The topological polar surface area (TPSA) is 257 Å². The second-order valence-corrected chi connectivity index (χ2v) is 20.2. The summed E-state index contributed by atoms with van der Waals surface area (Å²) in [6.07, 6.45) is 1.08. The van der Waals surface area contributed by atoms with E-state index in [-0.39, 0.29) is 62.1 Å². The SMILES string of the molecule is CCC[C@H](NC(=O)[C@H](Cc1ccc(CS(=O)(=O)O)cc1)NC(=O)c1cccc(Cl)c1)C(=O)N1CCC[C@H]1C(=O)N[C@@H](Cc1cccc2ccccc12)C(=O)N[C@@H](CCCC(=O)O)C(=O)NC(C)(C)C. The Hall–Kier alpha value is -6.37. The van der Waals surface area contributed by atoms with E-state index in [9.17, 15) is 51.6 Å². The number of nitrogens with zero attached hydrogens (tertiary/aromatic N) is 1. The number of carbonyl (C=O) groups excluding carboxylic acids is 6. The van der Waals surface area contributed by atoms with Crippen LogP contribution in [0.15, 0.2) is 91.0 Å². The minimum atomic E-state index is -4.31. The average Bonchev–Trinajstić information content (AvgIpc) is 3.78. The van der Waals surface area contributed by atoms with E-state index in [1.807, 2.05) is 49.4 Å². The van der Waals surface area contributed by atoms with Gasteiger partial charge in [0.1, 0.15) is 36.0 Å². The van der Waals surface area contributed by atoms with E-state index in [0.717, 1.165) is 16.3 Å². The van der Waals surface area contributed by atoms with Crippen LogP contribution in [0.2, 0.25) is 5.02 Å². The Balaban J connectivity index is 1.39. The lowest BCUT2D eigenvalue weighted by atomic mass is 9.97. The first kappa shape index (κ1) is 53.6. The van der Waals surface area contributed by atoms with Gasteiger partial charge in [0, 0.05) is 41.9 Å². The van der Waals surface area contributed by atoms with Crippen LogP contribution in [0.25, 0.3) is 10.8 Å². The van der Waals surface area contributed by atoms with Gasteiger partial charge in [0.05, 0.1) is 0 Å². The van der Waals surface area contributed by atoms with Crippen molar-refractivity contribution in [3.8, 4) is 0 Å². The highest BCUT2D eigenvalue weighted by Crippen LogP contribution is 2.23. The molecule has 6 amide bonds. The lowest BCUT2D eigenvalue weighted by Crippen LogP contribution is -2.59. The number of nitrogens with one attached hydrogen (secondary N) is 5. The molecule has 7 N–H and O–H groups in total. The van der Waals surface area contributed by atoms with Crippen LogP contribution in [-0.2, 0) is 57.5 Å². The normalized spacial score (nSPS) is 15.6. The van der Waals surface area contributed by atoms with Crippen LogP contribution >= 0.6 is 11.6 Å². The Bertz CT molecular complexity index is 2620. The zero-order chi connectivity index (χ0) is 50.5. The van der Waals surface area contributed by atoms with E-state index < -0.39 is 93.0 Å². The van der Waals surface area contributed by atoms with Crippen molar-refractivity contribution in [2.24, 2.45) is 0 Å². The Morgan fingerprint density at radius 2 is 1.39 bits per heavy atom. The number of carboxylic acids is 1. The maximum atomic E-state index is 14.5. The summed E-state index contributed by atoms with van der Waals surface area (Å²) >= 11 is 6.15. The van der Waals surface area contributed by atoms with Gasteiger partial charge in [0.2, 0.25) is 29.5 Å². The van der Waals surface area contributed by atoms with Crippen LogP contribution in [-0.4, -0.2) is 107 Å². The third-order valence-corrected chi connectivity index (χ3v) is 12.4. The van der Waals surface area contributed by atoms with E-state index in [1.165, 1.54) is 29.2 Å². The van der Waals surface area contributed by atoms with Crippen molar-refractivity contribution >= 4 is 73.9 Å². The molecule has 1 saturated heterocycles. The van der Waals surface area contributed by atoms with Crippen LogP contribution < -0.4 is 26.6 Å². The number of hydrogen-bond acceptors (Lipinski definition) is 9. The molecule has 0 unspecified atom stereocenters. The van der Waals surface area contributed by atoms with E-state index in [1.54, 1.807) is 45.0 Å². The predicted octanol–water partition coefficient (Wildman–Crippen LogP) is 4.88. The molecule has 4 aromatic carbocycles. The van der Waals surface area contributed by atoms with E-state index >= 15 is 0 Å². The van der Waals surface area contributed by atoms with Gasteiger partial charge in [0.25, 0.3) is 16.0 Å². The van der Waals surface area contributed by atoms with Crippen molar-refractivity contribution in [2.75, 3.05) is 6.54 Å². The maximum absolute atomic E-state index is 14.5. The van der Waals surface area contributed by atoms with E-state index in [0.29, 0.717) is 24.0 Å². The fraction of sp³-hybridized carbons (Fsp3) is 0.420. The Labute approximate surface area is 407 Å². The lowest BCUT2D eigenvalue weighted by Gasteiger charge is -2.31. The third kappa shape index (κ3) is 16.4. The zero-order valence-electron chi connectivity index (χ0n) is 39.1. The number of carboxylic acid groups (broad SMARTS) is 1. The average molecular weight is 990 g/mol. The van der Waals surface area contributed by atoms with E-state index in [2.05, 4.69) is 26.6 Å². The summed E-state index contributed by atoms with van der Waals surface area (Å²) in [5.41, 5.74) is 1.05. The first-order valence-electron chi connectivity index (χ1n) is 22.9. The number of likely N-dealkylation sites (tertiary alicyclic amines) is 1. The molecule has 69 heavy (non-hydrogen) atoms. The molecule has 370 valence electrons. The molecule has 0 aliphatic carbocycles. The van der Waals surface area contributed by atoms with Gasteiger partial charge in [0.15, 0.2) is 0 Å². The molecule has 0 bridgehead atoms. The number of hydrogen-bond donors (Lipinski definition) is 7. The Morgan fingerprint density at radius 1 is 0.754 bits per heavy atom. The fourth-order valence-electron chi connectivity index (χ4n) is 8.24. The minimum Gasteiger partial charge on any atom is -0.481 e. The van der Waals surface area contributed by atoms with Gasteiger partial charge in [-0.3, -0.25) is 38.1 Å². The first-order chi connectivity index (χ1) is 32.6. The highest BCUT2D eigenvalue weighted by molar-refractivity contribution is 7.85. The number of rotatable bonds is 22. The maximum Gasteiger partial charge on any atom is 0.303 e. The van der Waals surface area contributed by atoms with Crippen molar-refractivity contribution in [3.63, 3.8) is 0 Å². The van der Waals surface area contributed by atoms with Gasteiger partial charge in [-0.1, -0.05) is 97.7 Å². The second-order valence-electron chi connectivity index (χ2n) is 18.3. The molecule has 4 aromatic rings. The Morgan fingerprint density at radius 3 is 2.04 bits per heavy atom. The summed E-state index contributed by atoms with van der Waals surface area (Å²) in [5.74, 6) is -5.40. The lowest BCUT2D eigenvalue weighted by molar-refractivity contribution is -0.142. The zero-order valence-corrected chi connectivity index (χ0v) is 40.7. The molecule has 17 nitrogen and oxygen atoms in total. The summed E-state index contributed by atoms with van der Waals surface area (Å²) in [6, 6.07) is 19.5. The molecular formula is C50H61ClN6O11S. The molecule has 5 atom stereocenters. The van der Waals surface area contributed by atoms with Crippen molar-refractivity contribution in [1.82, 2.24) is 31.5 Å². The molecule has 5 rings (SSSR count). The van der Waals surface area contributed by atoms with Crippen LogP contribution in [0.4, 0.5) is 0 Å². The molecular weight excluding hydrogens is 928 g/mol. The number of carbonyl (C=O) groups is 7. The third-order valence-electron chi connectivity index (χ3n) is 11.5. The monoisotopic (exact) mass is 988 g/mol. The fourth-order valence-corrected chi connectivity index (χ4v) is 9.05. The number of aliphatic carboxylic acids is 1. The van der Waals surface area contributed by atoms with Crippen LogP contribution in [0.5, 0.6) is 0 Å². The first-order valence-corrected chi connectivity index (χ1v) is 24.9. The molecule has 0 radical (unpaired) electrons. The van der Waals surface area contributed by atoms with Gasteiger partial charge >= 0.3 is 5.97 Å². The molecule has 1 heterocycles. The predicted molar refractivity (Wildman–Crippen MR) is 261 cm³/mol. The van der Waals surface area contributed by atoms with Crippen LogP contribution in [0.1, 0.15) is 99.7 Å². The quantitative estimate of drug-likeness (QED) is 0.0523. The number of benzene rings is 4. The van der Waals surface area contributed by atoms with Gasteiger partial charge in [-0.15, -0.1) is 0 Å². The summed E-state index contributed by atoms with van der Waals surface area (Å²) < 4.78 is 32.2. The number of amides is 6. The molecule has 1 fully saturated rings. The molecule has 0 saturated carbocycles. The highest BCUT2D eigenvalue weighted by atomic mass is 35.5. The number of fused-ring (bicyclic) bond motifs is 1. The van der Waals surface area contributed by atoms with Crippen LogP contribution in [0, 0.1) is 0 Å². The summed E-state index contributed by atoms with van der Waals surface area (Å²) in [4.78, 5) is 97.3. The molecule has 0 spiro atoms. The van der Waals surface area contributed by atoms with E-state index in [4.69, 9.17) is 11.6 Å². The smallest absolute Gasteiger partial charge is 0.303 e. The largest absolute Gasteiger partial charge is 0.481 e. The molecule has 0 aromatic heterocycles. The summed E-state index contributed by atoms with van der Waals surface area (Å²) in [5, 5.41) is 25.4. The van der Waals surface area contributed by atoms with Gasteiger partial charge in [-0.05, 0) is 98.5 Å². The van der Waals surface area contributed by atoms with Gasteiger partial charge in [-0.25, -0.2) is 0 Å². The van der Waals surface area contributed by atoms with Crippen molar-refractivity contribution in [2.45, 2.75) is 127 Å². The van der Waals surface area contributed by atoms with Crippen molar-refractivity contribution in [3.05, 3.63) is 118 Å². The van der Waals surface area contributed by atoms with Crippen LogP contribution in [0.3, 0.4) is 0 Å². The summed E-state index contributed by atoms with van der Waals surface area (Å²) in [7, 11) is -4.31. The van der Waals surface area contributed by atoms with Crippen molar-refractivity contribution in [1.29, 1.82) is 0 Å². The van der Waals surface area contributed by atoms with Crippen molar-refractivity contribution < 1.29 is 51.6 Å². The standard InChI is InChI=1S/C50H61ClN6O11S/c1-5-12-39(53-45(61)40(54-44(60)35-16-9-17-36(51)28-35)27-31-22-24-32(25-23-31)30-69(66,67)68)49(65)57-26-11-20-42(57)48(64)55-41(29-34-15-8-14-33-13-6-7-18-37(33)34)46(62)52-38(19-10-21-43(58)59)47(63)56-50(2,3)4/h6-9,13-18,22-25,28,38-42H,5,10-12,19-21,26-27,29-30H2,1-4H3,(H,52,62)(H,53,61)(H,54,60)(H,55,64)(H,56,63)(H,58,59)(H,66,67,68)/t38-,39-,40-,41-,42-/m0/s1. The van der Waals surface area contributed by atoms with Gasteiger partial charge in [-0.2, -0.15) is 8.42 Å². The number of halogens is 1. The minimum absolute atomic E-state index is 0.00238. The highest BCUT2D eigenvalue weighted by Gasteiger charge is 2.40.